The summed E-state index contributed by atoms with van der Waals surface area (Å²) in [4.78, 5) is 12.0. The normalized spacial score (nSPS) is 11.6. The van der Waals surface area contributed by atoms with E-state index >= 15 is 0 Å². The van der Waals surface area contributed by atoms with Gasteiger partial charge in [-0.15, -0.1) is 5.10 Å². The van der Waals surface area contributed by atoms with Crippen molar-refractivity contribution in [2.75, 3.05) is 0 Å². The zero-order chi connectivity index (χ0) is 35.6. The van der Waals surface area contributed by atoms with Gasteiger partial charge in [-0.25, -0.2) is 19.0 Å². The van der Waals surface area contributed by atoms with Crippen LogP contribution in [-0.2, 0) is 11.3 Å². The van der Waals surface area contributed by atoms with Crippen molar-refractivity contribution in [3.63, 3.8) is 0 Å². The van der Waals surface area contributed by atoms with Crippen LogP contribution in [0.2, 0.25) is 0 Å². The molecule has 9 rings (SSSR count). The van der Waals surface area contributed by atoms with Gasteiger partial charge in [-0.3, -0.25) is 0 Å². The van der Waals surface area contributed by atoms with E-state index in [2.05, 4.69) is 124 Å². The molecule has 0 fully saturated rings. The summed E-state index contributed by atoms with van der Waals surface area (Å²) in [6.45, 7) is 0. The number of aromatic amines is 1. The van der Waals surface area contributed by atoms with Gasteiger partial charge in [0.25, 0.3) is 0 Å². The molecule has 256 valence electrons. The number of imidazole rings is 2. The van der Waals surface area contributed by atoms with Crippen LogP contribution < -0.4 is 0 Å². The number of tetrazole rings is 1. The zero-order valence-electron chi connectivity index (χ0n) is 28.3. The Hall–Kier alpha value is -6.65. The molecule has 53 heavy (non-hydrogen) atoms. The van der Waals surface area contributed by atoms with Crippen molar-refractivity contribution in [3.8, 4) is 28.2 Å². The molecule has 8 nitrogen and oxygen atoms in total. The smallest absolute Gasteiger partial charge is 0.184 e. The van der Waals surface area contributed by atoms with Gasteiger partial charge in [0.1, 0.15) is 11.4 Å². The first-order valence-corrected chi connectivity index (χ1v) is 18.1. The zero-order valence-corrected chi connectivity index (χ0v) is 29.1. The van der Waals surface area contributed by atoms with Crippen LogP contribution in [0, 0.1) is 5.82 Å². The van der Waals surface area contributed by atoms with Crippen molar-refractivity contribution < 1.29 is 4.39 Å². The van der Waals surface area contributed by atoms with Gasteiger partial charge in [0.05, 0.1) is 23.0 Å². The fourth-order valence-electron chi connectivity index (χ4n) is 7.01. The van der Waals surface area contributed by atoms with Crippen LogP contribution in [0.4, 0.5) is 4.39 Å². The number of aromatic nitrogens is 8. The first kappa shape index (κ1) is 32.3. The van der Waals surface area contributed by atoms with E-state index in [1.165, 1.54) is 6.07 Å². The average Bonchev–Trinajstić information content (AvgIpc) is 4.01. The van der Waals surface area contributed by atoms with Gasteiger partial charge >= 0.3 is 0 Å². The predicted octanol–water partition coefficient (Wildman–Crippen LogP) is 9.34. The number of fused-ring (bicyclic) bond motifs is 1. The first-order chi connectivity index (χ1) is 26.2. The SMILES string of the molecule is Fc1cc2[nH]c(SCc3ccc(-c4ccccc4-c4nnnn4C(c4ccccc4)(c4ccccc4)c4ccccc4)cc3)nc2cc1-n1ccnc1. The Morgan fingerprint density at radius 3 is 1.94 bits per heavy atom. The summed E-state index contributed by atoms with van der Waals surface area (Å²) in [5.41, 5.74) is 8.12. The highest BCUT2D eigenvalue weighted by Gasteiger charge is 2.42. The van der Waals surface area contributed by atoms with Crippen LogP contribution >= 0.6 is 11.8 Å². The van der Waals surface area contributed by atoms with E-state index in [1.807, 2.05) is 35.0 Å². The summed E-state index contributed by atoms with van der Waals surface area (Å²) in [6, 6.07) is 51.2. The molecule has 0 amide bonds. The van der Waals surface area contributed by atoms with Gasteiger partial charge in [0, 0.05) is 29.8 Å². The van der Waals surface area contributed by atoms with E-state index in [0.29, 0.717) is 28.3 Å². The number of nitrogens with one attached hydrogen (secondary N) is 1. The first-order valence-electron chi connectivity index (χ1n) is 17.1. The molecule has 0 saturated carbocycles. The summed E-state index contributed by atoms with van der Waals surface area (Å²) in [5.74, 6) is 0.991. The van der Waals surface area contributed by atoms with E-state index in [-0.39, 0.29) is 5.82 Å². The summed E-state index contributed by atoms with van der Waals surface area (Å²) >= 11 is 1.57. The van der Waals surface area contributed by atoms with Crippen molar-refractivity contribution in [2.24, 2.45) is 0 Å². The molecule has 0 unspecified atom stereocenters. The largest absolute Gasteiger partial charge is 0.333 e. The number of hydrogen-bond donors (Lipinski definition) is 1. The second kappa shape index (κ2) is 13.8. The lowest BCUT2D eigenvalue weighted by Crippen LogP contribution is -2.39. The standard InChI is InChI=1S/C43H31FN8S/c44-37-26-38-39(27-40(37)51-25-24-45-29-51)47-42(46-38)53-28-30-20-22-31(23-21-30)35-18-10-11-19-36(35)41-48-49-50-52(41)43(32-12-4-1-5-13-32,33-14-6-2-7-15-33)34-16-8-3-9-17-34/h1-27,29H,28H2,(H,46,47). The van der Waals surface area contributed by atoms with Gasteiger partial charge in [0.15, 0.2) is 11.0 Å². The van der Waals surface area contributed by atoms with E-state index in [4.69, 9.17) is 15.3 Å². The number of H-pyrrole nitrogens is 1. The van der Waals surface area contributed by atoms with Crippen LogP contribution in [0.5, 0.6) is 0 Å². The molecule has 10 heteroatoms. The van der Waals surface area contributed by atoms with Crippen LogP contribution in [0.25, 0.3) is 39.2 Å². The highest BCUT2D eigenvalue weighted by Crippen LogP contribution is 2.43. The molecule has 0 saturated heterocycles. The summed E-state index contributed by atoms with van der Waals surface area (Å²) in [6.07, 6.45) is 4.91. The molecule has 0 spiro atoms. The number of hydrogen-bond acceptors (Lipinski definition) is 6. The minimum absolute atomic E-state index is 0.341. The van der Waals surface area contributed by atoms with Crippen molar-refractivity contribution in [3.05, 3.63) is 198 Å². The van der Waals surface area contributed by atoms with Crippen LogP contribution in [0.15, 0.2) is 176 Å². The number of benzene rings is 6. The Labute approximate surface area is 309 Å². The maximum Gasteiger partial charge on any atom is 0.184 e. The second-order valence-corrected chi connectivity index (χ2v) is 13.6. The number of halogens is 1. The Bertz CT molecular complexity index is 2520. The van der Waals surface area contributed by atoms with Crippen molar-refractivity contribution in [2.45, 2.75) is 16.4 Å². The molecule has 0 aliphatic heterocycles. The Balaban J connectivity index is 1.05. The molecular weight excluding hydrogens is 680 g/mol. The number of rotatable bonds is 10. The van der Waals surface area contributed by atoms with E-state index < -0.39 is 5.54 Å². The molecule has 0 aliphatic carbocycles. The highest BCUT2D eigenvalue weighted by molar-refractivity contribution is 7.98. The fourth-order valence-corrected chi connectivity index (χ4v) is 7.85. The lowest BCUT2D eigenvalue weighted by Gasteiger charge is -2.36. The molecule has 3 aromatic heterocycles. The quantitative estimate of drug-likeness (QED) is 0.112. The molecule has 9 aromatic rings. The minimum atomic E-state index is -0.861. The highest BCUT2D eigenvalue weighted by atomic mass is 32.2. The topological polar surface area (TPSA) is 90.1 Å². The number of thioether (sulfide) groups is 1. The Morgan fingerprint density at radius 1 is 0.698 bits per heavy atom. The van der Waals surface area contributed by atoms with Gasteiger partial charge in [-0.1, -0.05) is 151 Å². The van der Waals surface area contributed by atoms with E-state index in [0.717, 1.165) is 44.1 Å². The third-order valence-corrected chi connectivity index (χ3v) is 10.4. The molecular formula is C43H31FN8S. The fraction of sp³-hybridized carbons (Fsp3) is 0.0465. The lowest BCUT2D eigenvalue weighted by molar-refractivity contribution is 0.451. The van der Waals surface area contributed by atoms with Crippen LogP contribution in [0.3, 0.4) is 0 Å². The maximum absolute atomic E-state index is 14.8. The predicted molar refractivity (Wildman–Crippen MR) is 206 cm³/mol. The minimum Gasteiger partial charge on any atom is -0.333 e. The third kappa shape index (κ3) is 5.88. The van der Waals surface area contributed by atoms with Crippen LogP contribution in [-0.4, -0.2) is 39.7 Å². The molecule has 3 heterocycles. The van der Waals surface area contributed by atoms with Gasteiger partial charge in [-0.2, -0.15) is 0 Å². The lowest BCUT2D eigenvalue weighted by atomic mass is 9.77. The summed E-state index contributed by atoms with van der Waals surface area (Å²) in [7, 11) is 0. The molecule has 6 aromatic carbocycles. The van der Waals surface area contributed by atoms with E-state index in [1.54, 1.807) is 41.1 Å². The molecule has 0 radical (unpaired) electrons. The van der Waals surface area contributed by atoms with Gasteiger partial charge in [-0.05, 0) is 49.9 Å². The van der Waals surface area contributed by atoms with Gasteiger partial charge < -0.3 is 9.55 Å². The third-order valence-electron chi connectivity index (χ3n) is 9.48. The van der Waals surface area contributed by atoms with Crippen LogP contribution in [0.1, 0.15) is 22.3 Å². The summed E-state index contributed by atoms with van der Waals surface area (Å²) < 4.78 is 18.4. The van der Waals surface area contributed by atoms with E-state index in [9.17, 15) is 4.39 Å². The summed E-state index contributed by atoms with van der Waals surface area (Å²) in [5, 5.41) is 14.5. The van der Waals surface area contributed by atoms with Crippen molar-refractivity contribution in [1.82, 2.24) is 39.7 Å². The number of nitrogens with zero attached hydrogens (tertiary/aromatic N) is 7. The maximum atomic E-state index is 14.8. The van der Waals surface area contributed by atoms with Crippen molar-refractivity contribution in [1.29, 1.82) is 0 Å². The monoisotopic (exact) mass is 710 g/mol. The van der Waals surface area contributed by atoms with Gasteiger partial charge in [0.2, 0.25) is 0 Å². The van der Waals surface area contributed by atoms with Crippen molar-refractivity contribution >= 4 is 22.8 Å². The second-order valence-electron chi connectivity index (χ2n) is 12.6. The Morgan fingerprint density at radius 2 is 1.32 bits per heavy atom. The average molecular weight is 711 g/mol. The molecule has 0 aliphatic rings. The molecule has 0 atom stereocenters. The molecule has 1 N–H and O–H groups in total. The molecule has 0 bridgehead atoms. The Kier molecular flexibility index (Phi) is 8.41.